The van der Waals surface area contributed by atoms with Crippen molar-refractivity contribution in [1.82, 2.24) is 9.78 Å². The number of carbonyl (C=O) groups excluding carboxylic acids is 1. The Balaban J connectivity index is 2.02. The zero-order valence-corrected chi connectivity index (χ0v) is 11.2. The fourth-order valence-corrected chi connectivity index (χ4v) is 1.66. The van der Waals surface area contributed by atoms with Gasteiger partial charge in [0.2, 0.25) is 5.76 Å². The van der Waals surface area contributed by atoms with Gasteiger partial charge in [0.05, 0.1) is 25.3 Å². The van der Waals surface area contributed by atoms with E-state index in [1.807, 2.05) is 10.9 Å². The molecule has 0 aliphatic carbocycles. The first kappa shape index (κ1) is 13.2. The third-order valence-corrected chi connectivity index (χ3v) is 2.73. The molecule has 0 aliphatic heterocycles. The van der Waals surface area contributed by atoms with Crippen molar-refractivity contribution < 1.29 is 13.9 Å². The highest BCUT2D eigenvalue weighted by molar-refractivity contribution is 5.87. The molecule has 2 heterocycles. The lowest BCUT2D eigenvalue weighted by Gasteiger charge is -2.04. The molecule has 0 unspecified atom stereocenters. The van der Waals surface area contributed by atoms with Crippen LogP contribution >= 0.6 is 0 Å². The van der Waals surface area contributed by atoms with Crippen LogP contribution in [0.5, 0.6) is 0 Å². The van der Waals surface area contributed by atoms with Crippen LogP contribution in [0.15, 0.2) is 29.1 Å². The van der Waals surface area contributed by atoms with Gasteiger partial charge in [-0.2, -0.15) is 5.10 Å². The van der Waals surface area contributed by atoms with Gasteiger partial charge in [0.25, 0.3) is 0 Å². The van der Waals surface area contributed by atoms with Crippen molar-refractivity contribution in [3.63, 3.8) is 0 Å². The number of furan rings is 1. The van der Waals surface area contributed by atoms with Crippen LogP contribution in [0.3, 0.4) is 0 Å². The lowest BCUT2D eigenvalue weighted by Crippen LogP contribution is -2.06. The van der Waals surface area contributed by atoms with E-state index in [1.165, 1.54) is 13.4 Å². The van der Waals surface area contributed by atoms with Crippen molar-refractivity contribution in [1.29, 1.82) is 0 Å². The zero-order chi connectivity index (χ0) is 13.8. The van der Waals surface area contributed by atoms with Crippen LogP contribution in [0.1, 0.15) is 36.0 Å². The number of nitrogens with zero attached hydrogens (tertiary/aromatic N) is 2. The number of rotatable bonds is 5. The standard InChI is InChI=1S/C13H17N3O3/c1-9(2)16-8-11(7-15-16)14-6-10-4-5-19-12(10)13(17)18-3/h4-5,7-9,14H,6H2,1-3H3. The van der Waals surface area contributed by atoms with Crippen LogP contribution in [0.25, 0.3) is 0 Å². The van der Waals surface area contributed by atoms with Gasteiger partial charge in [-0.1, -0.05) is 0 Å². The van der Waals surface area contributed by atoms with E-state index in [-0.39, 0.29) is 5.76 Å². The van der Waals surface area contributed by atoms with Crippen LogP contribution in [0, 0.1) is 0 Å². The van der Waals surface area contributed by atoms with Gasteiger partial charge in [0.1, 0.15) is 0 Å². The van der Waals surface area contributed by atoms with Crippen LogP contribution in [-0.4, -0.2) is 22.9 Å². The zero-order valence-electron chi connectivity index (χ0n) is 11.2. The number of carbonyl (C=O) groups is 1. The van der Waals surface area contributed by atoms with Crippen molar-refractivity contribution in [2.45, 2.75) is 26.4 Å². The lowest BCUT2D eigenvalue weighted by molar-refractivity contribution is 0.0563. The predicted molar refractivity (Wildman–Crippen MR) is 70.0 cm³/mol. The fourth-order valence-electron chi connectivity index (χ4n) is 1.66. The van der Waals surface area contributed by atoms with Gasteiger partial charge in [-0.05, 0) is 19.9 Å². The number of nitrogens with one attached hydrogen (secondary N) is 1. The molecule has 102 valence electrons. The van der Waals surface area contributed by atoms with Gasteiger partial charge in [0, 0.05) is 24.3 Å². The second-order valence-electron chi connectivity index (χ2n) is 4.42. The maximum absolute atomic E-state index is 11.4. The molecule has 0 fully saturated rings. The third-order valence-electron chi connectivity index (χ3n) is 2.73. The van der Waals surface area contributed by atoms with Crippen molar-refractivity contribution in [3.05, 3.63) is 36.0 Å². The molecule has 0 aromatic carbocycles. The minimum absolute atomic E-state index is 0.228. The number of esters is 1. The van der Waals surface area contributed by atoms with E-state index >= 15 is 0 Å². The molecular formula is C13H17N3O3. The quantitative estimate of drug-likeness (QED) is 0.839. The Bertz CT molecular complexity index is 557. The van der Waals surface area contributed by atoms with Crippen LogP contribution in [-0.2, 0) is 11.3 Å². The minimum Gasteiger partial charge on any atom is -0.463 e. The highest BCUT2D eigenvalue weighted by Crippen LogP contribution is 2.15. The molecule has 0 radical (unpaired) electrons. The molecule has 0 bridgehead atoms. The number of ether oxygens (including phenoxy) is 1. The molecule has 0 saturated carbocycles. The molecule has 0 aliphatic rings. The second kappa shape index (κ2) is 5.60. The Labute approximate surface area is 111 Å². The van der Waals surface area contributed by atoms with E-state index in [0.29, 0.717) is 12.6 Å². The molecular weight excluding hydrogens is 246 g/mol. The first-order chi connectivity index (χ1) is 9.11. The highest BCUT2D eigenvalue weighted by Gasteiger charge is 2.15. The van der Waals surface area contributed by atoms with E-state index in [2.05, 4.69) is 29.0 Å². The summed E-state index contributed by atoms with van der Waals surface area (Å²) in [5, 5.41) is 7.42. The van der Waals surface area contributed by atoms with Crippen molar-refractivity contribution >= 4 is 11.7 Å². The SMILES string of the molecule is COC(=O)c1occc1CNc1cnn(C(C)C)c1. The summed E-state index contributed by atoms with van der Waals surface area (Å²) in [5.74, 6) is -0.245. The summed E-state index contributed by atoms with van der Waals surface area (Å²) in [6.07, 6.45) is 5.14. The number of hydrogen-bond acceptors (Lipinski definition) is 5. The number of methoxy groups -OCH3 is 1. The first-order valence-electron chi connectivity index (χ1n) is 6.04. The molecule has 6 heteroatoms. The molecule has 0 amide bonds. The van der Waals surface area contributed by atoms with E-state index < -0.39 is 5.97 Å². The van der Waals surface area contributed by atoms with E-state index in [9.17, 15) is 4.79 Å². The van der Waals surface area contributed by atoms with Gasteiger partial charge in [-0.3, -0.25) is 4.68 Å². The molecule has 2 aromatic rings. The fraction of sp³-hybridized carbons (Fsp3) is 0.385. The molecule has 19 heavy (non-hydrogen) atoms. The van der Waals surface area contributed by atoms with Gasteiger partial charge in [0.15, 0.2) is 0 Å². The van der Waals surface area contributed by atoms with Gasteiger partial charge < -0.3 is 14.5 Å². The van der Waals surface area contributed by atoms with E-state index in [0.717, 1.165) is 11.3 Å². The van der Waals surface area contributed by atoms with Crippen molar-refractivity contribution in [2.24, 2.45) is 0 Å². The normalized spacial score (nSPS) is 10.7. The van der Waals surface area contributed by atoms with Crippen LogP contribution < -0.4 is 5.32 Å². The molecule has 6 nitrogen and oxygen atoms in total. The molecule has 0 saturated heterocycles. The first-order valence-corrected chi connectivity index (χ1v) is 6.04. The number of hydrogen-bond donors (Lipinski definition) is 1. The number of anilines is 1. The monoisotopic (exact) mass is 263 g/mol. The lowest BCUT2D eigenvalue weighted by atomic mass is 10.2. The predicted octanol–water partition coefficient (Wildman–Crippen LogP) is 2.46. The Morgan fingerprint density at radius 1 is 1.58 bits per heavy atom. The smallest absolute Gasteiger partial charge is 0.374 e. The summed E-state index contributed by atoms with van der Waals surface area (Å²) in [5.41, 5.74) is 1.65. The summed E-state index contributed by atoms with van der Waals surface area (Å²) in [6.45, 7) is 4.59. The Morgan fingerprint density at radius 2 is 2.37 bits per heavy atom. The van der Waals surface area contributed by atoms with Gasteiger partial charge in [-0.15, -0.1) is 0 Å². The largest absolute Gasteiger partial charge is 0.463 e. The minimum atomic E-state index is -0.473. The number of aromatic nitrogens is 2. The highest BCUT2D eigenvalue weighted by atomic mass is 16.5. The summed E-state index contributed by atoms with van der Waals surface area (Å²) < 4.78 is 11.6. The van der Waals surface area contributed by atoms with Gasteiger partial charge >= 0.3 is 5.97 Å². The molecule has 2 rings (SSSR count). The molecule has 0 spiro atoms. The molecule has 0 atom stereocenters. The maximum Gasteiger partial charge on any atom is 0.374 e. The average Bonchev–Trinajstić information content (AvgIpc) is 3.04. The summed E-state index contributed by atoms with van der Waals surface area (Å²) in [4.78, 5) is 11.4. The van der Waals surface area contributed by atoms with E-state index in [4.69, 9.17) is 4.42 Å². The summed E-state index contributed by atoms with van der Waals surface area (Å²) in [6, 6.07) is 2.06. The second-order valence-corrected chi connectivity index (χ2v) is 4.42. The summed E-state index contributed by atoms with van der Waals surface area (Å²) >= 11 is 0. The van der Waals surface area contributed by atoms with Crippen LogP contribution in [0.2, 0.25) is 0 Å². The Kier molecular flexibility index (Phi) is 3.89. The van der Waals surface area contributed by atoms with E-state index in [1.54, 1.807) is 12.3 Å². The van der Waals surface area contributed by atoms with Gasteiger partial charge in [-0.25, -0.2) is 4.79 Å². The summed E-state index contributed by atoms with van der Waals surface area (Å²) in [7, 11) is 1.33. The Hall–Kier alpha value is -2.24. The Morgan fingerprint density at radius 3 is 3.00 bits per heavy atom. The molecule has 2 aromatic heterocycles. The third kappa shape index (κ3) is 2.96. The topological polar surface area (TPSA) is 69.3 Å². The van der Waals surface area contributed by atoms with Crippen LogP contribution in [0.4, 0.5) is 5.69 Å². The van der Waals surface area contributed by atoms with Crippen molar-refractivity contribution in [2.75, 3.05) is 12.4 Å². The molecule has 1 N–H and O–H groups in total. The average molecular weight is 263 g/mol. The van der Waals surface area contributed by atoms with Crippen molar-refractivity contribution in [3.8, 4) is 0 Å². The maximum atomic E-state index is 11.4.